The van der Waals surface area contributed by atoms with Gasteiger partial charge in [-0.25, -0.2) is 4.79 Å². The summed E-state index contributed by atoms with van der Waals surface area (Å²) in [6.45, 7) is 13.8. The Morgan fingerprint density at radius 2 is 1.47 bits per heavy atom. The summed E-state index contributed by atoms with van der Waals surface area (Å²) >= 11 is 0. The summed E-state index contributed by atoms with van der Waals surface area (Å²) in [6, 6.07) is 12.8. The Labute approximate surface area is 214 Å². The molecule has 1 aliphatic carbocycles. The Kier molecular flexibility index (Phi) is 5.59. The Hall–Kier alpha value is -3.27. The molecule has 6 rings (SSSR count). The van der Waals surface area contributed by atoms with Crippen molar-refractivity contribution < 1.29 is 9.53 Å². The minimum absolute atomic E-state index is 0.0592. The van der Waals surface area contributed by atoms with Gasteiger partial charge in [0, 0.05) is 24.5 Å². The summed E-state index contributed by atoms with van der Waals surface area (Å²) in [7, 11) is 0. The summed E-state index contributed by atoms with van der Waals surface area (Å²) < 4.78 is 5.97. The van der Waals surface area contributed by atoms with Crippen molar-refractivity contribution in [1.29, 1.82) is 0 Å². The number of fused-ring (bicyclic) bond motifs is 6. The van der Waals surface area contributed by atoms with Gasteiger partial charge in [-0.1, -0.05) is 24.3 Å². The van der Waals surface area contributed by atoms with Gasteiger partial charge in [0.1, 0.15) is 6.10 Å². The second kappa shape index (κ2) is 8.69. The second-order valence-corrected chi connectivity index (χ2v) is 11.1. The van der Waals surface area contributed by atoms with E-state index in [2.05, 4.69) is 68.7 Å². The highest BCUT2D eigenvalue weighted by molar-refractivity contribution is 5.99. The number of aryl methyl sites for hydroxylation is 4. The molecule has 3 aromatic rings. The van der Waals surface area contributed by atoms with E-state index in [1.807, 2.05) is 12.1 Å². The lowest BCUT2D eigenvalue weighted by molar-refractivity contribution is 0.0318. The van der Waals surface area contributed by atoms with Crippen LogP contribution >= 0.6 is 0 Å². The molecular formula is C32H36N2O2. The van der Waals surface area contributed by atoms with Crippen LogP contribution in [0.1, 0.15) is 75.0 Å². The first kappa shape index (κ1) is 23.1. The Morgan fingerprint density at radius 1 is 0.806 bits per heavy atom. The molecule has 2 bridgehead atoms. The number of benzene rings is 3. The van der Waals surface area contributed by atoms with Gasteiger partial charge in [0.05, 0.1) is 12.2 Å². The highest BCUT2D eigenvalue weighted by atomic mass is 16.5. The molecule has 0 spiro atoms. The predicted molar refractivity (Wildman–Crippen MR) is 147 cm³/mol. The van der Waals surface area contributed by atoms with Crippen molar-refractivity contribution in [2.24, 2.45) is 0 Å². The molecule has 0 atom stereocenters. The number of rotatable bonds is 3. The molecule has 2 heterocycles. The SMILES string of the molecule is Cc1ccc(C)c2c1CN1CN2Cc2c(C)c(-c3c(C)cccc3C(=O)OC3CCCC3)cc(C)c21. The predicted octanol–water partition coefficient (Wildman–Crippen LogP) is 7.29. The fraction of sp³-hybridized carbons (Fsp3) is 0.406. The third-order valence-corrected chi connectivity index (χ3v) is 8.61. The molecule has 0 radical (unpaired) electrons. The third-order valence-electron chi connectivity index (χ3n) is 8.61. The number of carbonyl (C=O) groups excluding carboxylic acids is 1. The second-order valence-electron chi connectivity index (χ2n) is 11.1. The van der Waals surface area contributed by atoms with Crippen LogP contribution in [0.3, 0.4) is 0 Å². The number of ether oxygens (including phenoxy) is 1. The molecule has 3 aliphatic rings. The molecule has 1 saturated carbocycles. The van der Waals surface area contributed by atoms with Crippen molar-refractivity contribution >= 4 is 17.3 Å². The van der Waals surface area contributed by atoms with Gasteiger partial charge in [0.25, 0.3) is 0 Å². The van der Waals surface area contributed by atoms with E-state index in [4.69, 9.17) is 4.74 Å². The lowest BCUT2D eigenvalue weighted by Crippen LogP contribution is -2.47. The van der Waals surface area contributed by atoms with Crippen LogP contribution in [0.15, 0.2) is 36.4 Å². The van der Waals surface area contributed by atoms with Crippen LogP contribution in [-0.4, -0.2) is 18.7 Å². The normalized spacial score (nSPS) is 16.7. The van der Waals surface area contributed by atoms with Crippen LogP contribution in [0.5, 0.6) is 0 Å². The average Bonchev–Trinajstić information content (AvgIpc) is 3.36. The van der Waals surface area contributed by atoms with E-state index in [1.165, 1.54) is 44.8 Å². The molecule has 4 heteroatoms. The molecule has 0 saturated heterocycles. The minimum atomic E-state index is -0.181. The molecule has 0 aromatic heterocycles. The van der Waals surface area contributed by atoms with E-state index in [0.29, 0.717) is 5.56 Å². The first-order chi connectivity index (χ1) is 17.3. The lowest BCUT2D eigenvalue weighted by Gasteiger charge is -2.47. The molecule has 2 aliphatic heterocycles. The molecule has 36 heavy (non-hydrogen) atoms. The van der Waals surface area contributed by atoms with Crippen molar-refractivity contribution in [2.45, 2.75) is 79.5 Å². The molecule has 186 valence electrons. The molecule has 0 unspecified atom stereocenters. The van der Waals surface area contributed by atoms with Crippen LogP contribution < -0.4 is 9.80 Å². The lowest BCUT2D eigenvalue weighted by atomic mass is 9.85. The zero-order valence-corrected chi connectivity index (χ0v) is 22.2. The quantitative estimate of drug-likeness (QED) is 0.369. The van der Waals surface area contributed by atoms with Gasteiger partial charge in [0.15, 0.2) is 0 Å². The van der Waals surface area contributed by atoms with Crippen LogP contribution in [0.4, 0.5) is 11.4 Å². The Balaban J connectivity index is 1.46. The Morgan fingerprint density at radius 3 is 2.22 bits per heavy atom. The molecule has 1 fully saturated rings. The maximum Gasteiger partial charge on any atom is 0.339 e. The van der Waals surface area contributed by atoms with Crippen molar-refractivity contribution in [3.8, 4) is 11.1 Å². The summed E-state index contributed by atoms with van der Waals surface area (Å²) in [5, 5.41) is 0. The van der Waals surface area contributed by atoms with E-state index in [0.717, 1.165) is 62.1 Å². The first-order valence-corrected chi connectivity index (χ1v) is 13.4. The number of hydrogen-bond donors (Lipinski definition) is 0. The maximum absolute atomic E-state index is 13.4. The number of anilines is 2. The Bertz CT molecular complexity index is 1380. The van der Waals surface area contributed by atoms with E-state index in [1.54, 1.807) is 0 Å². The van der Waals surface area contributed by atoms with Gasteiger partial charge in [-0.15, -0.1) is 0 Å². The average molecular weight is 481 g/mol. The maximum atomic E-state index is 13.4. The van der Waals surface area contributed by atoms with Gasteiger partial charge in [-0.05, 0) is 123 Å². The van der Waals surface area contributed by atoms with Crippen LogP contribution in [0.25, 0.3) is 11.1 Å². The van der Waals surface area contributed by atoms with Crippen molar-refractivity contribution in [3.63, 3.8) is 0 Å². The largest absolute Gasteiger partial charge is 0.459 e. The van der Waals surface area contributed by atoms with Crippen molar-refractivity contribution in [3.05, 3.63) is 80.9 Å². The summed E-state index contributed by atoms with van der Waals surface area (Å²) in [6.07, 6.45) is 4.32. The zero-order valence-electron chi connectivity index (χ0n) is 22.2. The van der Waals surface area contributed by atoms with E-state index in [9.17, 15) is 4.79 Å². The minimum Gasteiger partial charge on any atom is -0.459 e. The molecule has 4 nitrogen and oxygen atoms in total. The summed E-state index contributed by atoms with van der Waals surface area (Å²) in [4.78, 5) is 18.4. The number of nitrogens with zero attached hydrogens (tertiary/aromatic N) is 2. The smallest absolute Gasteiger partial charge is 0.339 e. The van der Waals surface area contributed by atoms with Crippen molar-refractivity contribution in [1.82, 2.24) is 0 Å². The van der Waals surface area contributed by atoms with Gasteiger partial charge >= 0.3 is 5.97 Å². The van der Waals surface area contributed by atoms with Crippen LogP contribution in [0, 0.1) is 34.6 Å². The fourth-order valence-corrected chi connectivity index (χ4v) is 6.76. The number of hydrogen-bond acceptors (Lipinski definition) is 4. The third kappa shape index (κ3) is 3.61. The molecular weight excluding hydrogens is 444 g/mol. The molecule has 3 aromatic carbocycles. The van der Waals surface area contributed by atoms with Gasteiger partial charge in [-0.3, -0.25) is 0 Å². The zero-order chi connectivity index (χ0) is 25.1. The van der Waals surface area contributed by atoms with Crippen LogP contribution in [0.2, 0.25) is 0 Å². The number of esters is 1. The van der Waals surface area contributed by atoms with E-state index >= 15 is 0 Å². The molecule has 0 N–H and O–H groups in total. The standard InChI is InChI=1S/C32H36N2O2/c1-19-13-14-21(3)30-27(19)16-33-18-34(30)17-28-23(5)26(15-22(4)31(28)33)29-20(2)9-8-12-25(29)32(35)36-24-10-6-7-11-24/h8-9,12-15,24H,6-7,10-11,16-18H2,1-5H3. The van der Waals surface area contributed by atoms with Crippen LogP contribution in [-0.2, 0) is 17.8 Å². The highest BCUT2D eigenvalue weighted by Gasteiger charge is 2.34. The van der Waals surface area contributed by atoms with Gasteiger partial charge < -0.3 is 14.5 Å². The fourth-order valence-electron chi connectivity index (χ4n) is 6.76. The topological polar surface area (TPSA) is 32.8 Å². The highest BCUT2D eigenvalue weighted by Crippen LogP contribution is 2.46. The first-order valence-electron chi connectivity index (χ1n) is 13.4. The van der Waals surface area contributed by atoms with Gasteiger partial charge in [-0.2, -0.15) is 0 Å². The van der Waals surface area contributed by atoms with E-state index < -0.39 is 0 Å². The number of carbonyl (C=O) groups is 1. The summed E-state index contributed by atoms with van der Waals surface area (Å²) in [5.41, 5.74) is 14.8. The molecule has 0 amide bonds. The summed E-state index contributed by atoms with van der Waals surface area (Å²) in [5.74, 6) is -0.181. The monoisotopic (exact) mass is 480 g/mol. The van der Waals surface area contributed by atoms with E-state index in [-0.39, 0.29) is 12.1 Å². The van der Waals surface area contributed by atoms with Crippen molar-refractivity contribution in [2.75, 3.05) is 16.5 Å². The van der Waals surface area contributed by atoms with Gasteiger partial charge in [0.2, 0.25) is 0 Å².